The number of anilines is 1. The summed E-state index contributed by atoms with van der Waals surface area (Å²) in [5.74, 6) is -3.43. The highest BCUT2D eigenvalue weighted by atomic mass is 16.6. The second-order valence-electron chi connectivity index (χ2n) is 12.1. The minimum absolute atomic E-state index is 0.0944. The van der Waals surface area contributed by atoms with Gasteiger partial charge in [-0.2, -0.15) is 0 Å². The Hall–Kier alpha value is -4.44. The van der Waals surface area contributed by atoms with Gasteiger partial charge in [-0.1, -0.05) is 30.7 Å². The lowest BCUT2D eigenvalue weighted by Gasteiger charge is -2.54. The minimum atomic E-state index is -1.09. The van der Waals surface area contributed by atoms with Crippen LogP contribution in [0.4, 0.5) is 11.4 Å². The third-order valence-electron chi connectivity index (χ3n) is 10.1. The minimum Gasteiger partial charge on any atom is -0.491 e. The average molecular weight is 585 g/mol. The number of ketones is 2. The van der Waals surface area contributed by atoms with Crippen molar-refractivity contribution in [1.82, 2.24) is 0 Å². The number of carbonyl (C=O) groups is 4. The van der Waals surface area contributed by atoms with E-state index in [4.69, 9.17) is 9.84 Å². The molecule has 1 heterocycles. The number of benzene rings is 2. The molecule has 6 atom stereocenters. The largest absolute Gasteiger partial charge is 0.491 e. The molecule has 222 valence electrons. The Morgan fingerprint density at radius 3 is 2.28 bits per heavy atom. The third-order valence-corrected chi connectivity index (χ3v) is 10.1. The van der Waals surface area contributed by atoms with Gasteiger partial charge in [0, 0.05) is 24.0 Å². The second kappa shape index (κ2) is 10.4. The Kier molecular flexibility index (Phi) is 6.92. The monoisotopic (exact) mass is 584 g/mol. The lowest BCUT2D eigenvalue weighted by atomic mass is 9.46. The molecule has 2 fully saturated rings. The van der Waals surface area contributed by atoms with Gasteiger partial charge in [-0.25, -0.2) is 0 Å². The summed E-state index contributed by atoms with van der Waals surface area (Å²) >= 11 is 0. The van der Waals surface area contributed by atoms with Crippen molar-refractivity contribution >= 4 is 34.8 Å². The number of nitrogens with zero attached hydrogens (tertiary/aromatic N) is 2. The van der Waals surface area contributed by atoms with E-state index >= 15 is 0 Å². The van der Waals surface area contributed by atoms with Crippen molar-refractivity contribution in [1.29, 1.82) is 0 Å². The number of allylic oxidation sites excluding steroid dienone is 4. The van der Waals surface area contributed by atoms with Crippen LogP contribution in [0.2, 0.25) is 0 Å². The van der Waals surface area contributed by atoms with E-state index < -0.39 is 45.8 Å². The molecule has 2 amide bonds. The van der Waals surface area contributed by atoms with Gasteiger partial charge in [0.15, 0.2) is 11.6 Å². The summed E-state index contributed by atoms with van der Waals surface area (Å²) in [6.07, 6.45) is 2.55. The normalized spacial score (nSPS) is 30.1. The number of hydrogen-bond donors (Lipinski definition) is 1. The first-order valence-corrected chi connectivity index (χ1v) is 14.4. The Morgan fingerprint density at radius 2 is 1.65 bits per heavy atom. The quantitative estimate of drug-likeness (QED) is 0.229. The van der Waals surface area contributed by atoms with Crippen LogP contribution in [0.3, 0.4) is 0 Å². The zero-order valence-corrected chi connectivity index (χ0v) is 24.1. The highest BCUT2D eigenvalue weighted by molar-refractivity contribution is 6.22. The second-order valence-corrected chi connectivity index (χ2v) is 12.1. The maximum Gasteiger partial charge on any atom is 0.269 e. The van der Waals surface area contributed by atoms with Gasteiger partial charge in [0.2, 0.25) is 11.8 Å². The number of ether oxygens (including phenoxy) is 1. The molecule has 2 aromatic carbocycles. The van der Waals surface area contributed by atoms with Crippen molar-refractivity contribution in [3.05, 3.63) is 87.0 Å². The molecule has 3 aliphatic carbocycles. The molecule has 10 nitrogen and oxygen atoms in total. The number of imide groups is 1. The van der Waals surface area contributed by atoms with Crippen LogP contribution in [0.1, 0.15) is 45.1 Å². The SMILES string of the molecule is CC1=C(C)C(=O)[C@@]2(C)[C@@H](c3ccc(OCCO)cc3)C3=CC[C@@H]4C(=O)N(c5ccc([N+](=O)[O-])cc5)C(=O)[C@@H]4[C@@H]3C[C@H]2C1=O. The predicted octanol–water partition coefficient (Wildman–Crippen LogP) is 4.32. The zero-order chi connectivity index (χ0) is 30.8. The van der Waals surface area contributed by atoms with Crippen LogP contribution in [0.15, 0.2) is 71.3 Å². The van der Waals surface area contributed by atoms with Crippen LogP contribution < -0.4 is 9.64 Å². The summed E-state index contributed by atoms with van der Waals surface area (Å²) in [5, 5.41) is 20.3. The Bertz CT molecular complexity index is 1620. The smallest absolute Gasteiger partial charge is 0.269 e. The van der Waals surface area contributed by atoms with E-state index in [2.05, 4.69) is 0 Å². The van der Waals surface area contributed by atoms with Gasteiger partial charge in [-0.05, 0) is 73.6 Å². The van der Waals surface area contributed by atoms with E-state index in [9.17, 15) is 29.3 Å². The van der Waals surface area contributed by atoms with Crippen molar-refractivity contribution in [2.75, 3.05) is 18.1 Å². The number of amides is 2. The number of nitro benzene ring substituents is 1. The lowest BCUT2D eigenvalue weighted by Crippen LogP contribution is -2.55. The standard InChI is InChI=1S/C33H32N2O8/c1-17-18(2)30(38)33(3)26(29(17)37)16-25-23(28(33)19-4-10-22(11-5-19)43-15-14-36)12-13-24-27(25)32(40)34(31(24)39)20-6-8-21(9-7-20)35(41)42/h4-12,24-28,36H,13-16H2,1-3H3/t24-,25+,26-,27-,28-,33+/m0/s1. The third kappa shape index (κ3) is 4.18. The van der Waals surface area contributed by atoms with Gasteiger partial charge < -0.3 is 9.84 Å². The topological polar surface area (TPSA) is 144 Å². The molecule has 1 aliphatic heterocycles. The maximum absolute atomic E-state index is 14.1. The Balaban J connectivity index is 1.44. The van der Waals surface area contributed by atoms with E-state index in [0.29, 0.717) is 23.3 Å². The van der Waals surface area contributed by atoms with Gasteiger partial charge in [-0.3, -0.25) is 34.2 Å². The summed E-state index contributed by atoms with van der Waals surface area (Å²) in [6.45, 7) is 5.22. The van der Waals surface area contributed by atoms with Crippen molar-refractivity contribution in [3.8, 4) is 5.75 Å². The van der Waals surface area contributed by atoms with Gasteiger partial charge in [0.25, 0.3) is 5.69 Å². The van der Waals surface area contributed by atoms with Crippen LogP contribution in [0.5, 0.6) is 5.75 Å². The van der Waals surface area contributed by atoms with Crippen LogP contribution in [-0.2, 0) is 19.2 Å². The molecule has 4 aliphatic rings. The van der Waals surface area contributed by atoms with E-state index in [-0.39, 0.29) is 48.5 Å². The van der Waals surface area contributed by atoms with Crippen LogP contribution in [0, 0.1) is 39.2 Å². The van der Waals surface area contributed by atoms with Crippen molar-refractivity contribution in [2.45, 2.75) is 39.5 Å². The molecule has 0 spiro atoms. The average Bonchev–Trinajstić information content (AvgIpc) is 3.27. The number of nitro groups is 1. The lowest BCUT2D eigenvalue weighted by molar-refractivity contribution is -0.384. The molecule has 0 radical (unpaired) electrons. The number of aliphatic hydroxyl groups is 1. The number of hydrogen-bond acceptors (Lipinski definition) is 8. The molecule has 43 heavy (non-hydrogen) atoms. The molecule has 10 heteroatoms. The summed E-state index contributed by atoms with van der Waals surface area (Å²) in [5.41, 5.74) is 1.59. The molecule has 2 aromatic rings. The van der Waals surface area contributed by atoms with Gasteiger partial charge in [-0.15, -0.1) is 0 Å². The number of Topliss-reactive ketones (excluding diaryl/α,β-unsaturated/α-hetero) is 2. The molecule has 0 unspecified atom stereocenters. The summed E-state index contributed by atoms with van der Waals surface area (Å²) < 4.78 is 5.54. The fraction of sp³-hybridized carbons (Fsp3) is 0.394. The molecule has 0 bridgehead atoms. The number of non-ortho nitro benzene ring substituents is 1. The van der Waals surface area contributed by atoms with Gasteiger partial charge in [0.1, 0.15) is 12.4 Å². The van der Waals surface area contributed by atoms with E-state index in [1.54, 1.807) is 26.0 Å². The number of carbonyl (C=O) groups excluding carboxylic acids is 4. The van der Waals surface area contributed by atoms with Crippen LogP contribution >= 0.6 is 0 Å². The first kappa shape index (κ1) is 28.7. The molecular weight excluding hydrogens is 552 g/mol. The van der Waals surface area contributed by atoms with Gasteiger partial charge >= 0.3 is 0 Å². The summed E-state index contributed by atoms with van der Waals surface area (Å²) in [4.78, 5) is 67.4. The molecule has 1 saturated heterocycles. The van der Waals surface area contributed by atoms with E-state index in [1.165, 1.54) is 24.3 Å². The number of aliphatic hydroxyl groups excluding tert-OH is 1. The highest BCUT2D eigenvalue weighted by Crippen LogP contribution is 2.63. The first-order chi connectivity index (χ1) is 20.5. The van der Waals surface area contributed by atoms with Crippen LogP contribution in [-0.4, -0.2) is 46.6 Å². The fourth-order valence-electron chi connectivity index (χ4n) is 7.86. The molecule has 1 saturated carbocycles. The van der Waals surface area contributed by atoms with Crippen molar-refractivity contribution in [2.24, 2.45) is 29.1 Å². The molecule has 0 aromatic heterocycles. The number of fused-ring (bicyclic) bond motifs is 4. The summed E-state index contributed by atoms with van der Waals surface area (Å²) in [7, 11) is 0. The van der Waals surface area contributed by atoms with Crippen molar-refractivity contribution < 1.29 is 33.9 Å². The Morgan fingerprint density at radius 1 is 0.977 bits per heavy atom. The van der Waals surface area contributed by atoms with Gasteiger partial charge in [0.05, 0.1) is 34.5 Å². The van der Waals surface area contributed by atoms with E-state index in [1.807, 2.05) is 25.1 Å². The first-order valence-electron chi connectivity index (χ1n) is 14.4. The fourth-order valence-corrected chi connectivity index (χ4v) is 7.86. The van der Waals surface area contributed by atoms with E-state index in [0.717, 1.165) is 16.0 Å². The Labute approximate surface area is 248 Å². The molecule has 1 N–H and O–H groups in total. The number of rotatable bonds is 6. The predicted molar refractivity (Wildman–Crippen MR) is 155 cm³/mol. The van der Waals surface area contributed by atoms with Crippen LogP contribution in [0.25, 0.3) is 0 Å². The zero-order valence-electron chi connectivity index (χ0n) is 24.1. The highest BCUT2D eigenvalue weighted by Gasteiger charge is 2.64. The molecule has 6 rings (SSSR count). The van der Waals surface area contributed by atoms with Crippen molar-refractivity contribution in [3.63, 3.8) is 0 Å². The maximum atomic E-state index is 14.1. The summed E-state index contributed by atoms with van der Waals surface area (Å²) in [6, 6.07) is 12.6. The molecular formula is C33H32N2O8.